The fourth-order valence-corrected chi connectivity index (χ4v) is 13.3. The van der Waals surface area contributed by atoms with Crippen molar-refractivity contribution in [2.45, 2.75) is 142 Å². The van der Waals surface area contributed by atoms with E-state index in [0.29, 0.717) is 41.7 Å². The minimum absolute atomic E-state index is 0.0133. The first-order valence-electron chi connectivity index (χ1n) is 17.0. The summed E-state index contributed by atoms with van der Waals surface area (Å²) in [4.78, 5) is 0. The van der Waals surface area contributed by atoms with Gasteiger partial charge in [-0.3, -0.25) is 0 Å². The molecule has 0 aromatic rings. The largest absolute Gasteiger partial charge is 0.390 e. The maximum atomic E-state index is 12.4. The predicted molar refractivity (Wildman–Crippen MR) is 164 cm³/mol. The van der Waals surface area contributed by atoms with Crippen LogP contribution < -0.4 is 0 Å². The molecule has 0 aromatic heterocycles. The van der Waals surface area contributed by atoms with Crippen molar-refractivity contribution in [3.63, 3.8) is 0 Å². The van der Waals surface area contributed by atoms with Crippen LogP contribution in [0.15, 0.2) is 0 Å². The van der Waals surface area contributed by atoms with Crippen molar-refractivity contribution >= 4 is 12.8 Å². The summed E-state index contributed by atoms with van der Waals surface area (Å²) in [6, 6.07) is 0. The number of fused-ring (bicyclic) bond motifs is 4. The molecule has 2 aliphatic heterocycles. The molecule has 2 saturated heterocycles. The van der Waals surface area contributed by atoms with Gasteiger partial charge in [0.1, 0.15) is 6.10 Å². The van der Waals surface area contributed by atoms with Gasteiger partial charge in [0.25, 0.3) is 0 Å². The Hall–Kier alpha value is 0.0700. The number of rotatable bonds is 4. The highest BCUT2D eigenvalue weighted by Crippen LogP contribution is 2.89. The first kappa shape index (κ1) is 30.7. The number of aliphatic hydroxyl groups excluding tert-OH is 2. The number of hydrogen-bond donors (Lipinski definition) is 4. The normalized spacial score (nSPS) is 55.9. The third kappa shape index (κ3) is 3.85. The Morgan fingerprint density at radius 2 is 1.71 bits per heavy atom. The number of ether oxygens (including phenoxy) is 3. The van der Waals surface area contributed by atoms with Crippen LogP contribution in [0, 0.1) is 50.7 Å². The summed E-state index contributed by atoms with van der Waals surface area (Å²) in [7, 11) is 0. The lowest BCUT2D eigenvalue weighted by Gasteiger charge is -2.64. The van der Waals surface area contributed by atoms with E-state index in [-0.39, 0.29) is 40.7 Å². The van der Waals surface area contributed by atoms with Crippen LogP contribution in [-0.2, 0) is 14.2 Å². The molecule has 5 aliphatic carbocycles. The van der Waals surface area contributed by atoms with E-state index in [2.05, 4.69) is 47.4 Å². The topological polar surface area (TPSA) is 91.6 Å². The summed E-state index contributed by atoms with van der Waals surface area (Å²) in [6.07, 6.45) is 6.71. The summed E-state index contributed by atoms with van der Waals surface area (Å²) in [5, 5.41) is 33.9. The predicted octanol–water partition coefficient (Wildman–Crippen LogP) is 4.82. The van der Waals surface area contributed by atoms with Crippen LogP contribution >= 0.6 is 12.8 Å². The SMILES string of the molecule is C[C@@H]1CC(C(O)C(C)(C)O)OC2[C@H]1C1(C)CCC34CC35CCC(O[C@H]3CN(S)CCO3)C(C)(C)[C@@H]5CCC4[C@]1(C)[C@H]2O. The molecule has 0 amide bonds. The monoisotopic (exact) mass is 607 g/mol. The summed E-state index contributed by atoms with van der Waals surface area (Å²) in [5.41, 5.74) is -0.792. The van der Waals surface area contributed by atoms with Crippen LogP contribution in [0.25, 0.3) is 0 Å². The minimum Gasteiger partial charge on any atom is -0.390 e. The standard InChI is InChI=1S/C34H57NO6S/c1-19-16-20(27(36)30(4,5)38)40-26-25(19)31(6)12-13-34-18-33(34)11-10-23(41-24-17-35(42)14-15-39-24)29(2,3)21(33)8-9-22(34)32(31,7)28(26)37/h19-28,36-38,42H,8-18H2,1-7H3/t19-,20?,21+,22?,23?,24+,25+,26?,27?,28+,31?,32-,33?,34?/m1/s1. The highest BCUT2D eigenvalue weighted by atomic mass is 32.1. The molecule has 7 nitrogen and oxygen atoms in total. The number of hydrogen-bond acceptors (Lipinski definition) is 8. The van der Waals surface area contributed by atoms with E-state index in [1.807, 2.05) is 4.31 Å². The Balaban J connectivity index is 1.15. The van der Waals surface area contributed by atoms with Crippen LogP contribution in [-0.4, -0.2) is 81.7 Å². The van der Waals surface area contributed by atoms with Gasteiger partial charge in [0.2, 0.25) is 0 Å². The summed E-state index contributed by atoms with van der Waals surface area (Å²) < 4.78 is 21.4. The summed E-state index contributed by atoms with van der Waals surface area (Å²) in [6.45, 7) is 17.6. The van der Waals surface area contributed by atoms with Gasteiger partial charge in [0, 0.05) is 12.0 Å². The van der Waals surface area contributed by atoms with Crippen molar-refractivity contribution in [1.82, 2.24) is 4.31 Å². The van der Waals surface area contributed by atoms with Crippen molar-refractivity contribution in [2.24, 2.45) is 50.7 Å². The van der Waals surface area contributed by atoms with E-state index in [0.717, 1.165) is 32.2 Å². The number of thiol groups is 1. The van der Waals surface area contributed by atoms with Crippen molar-refractivity contribution < 1.29 is 29.5 Å². The van der Waals surface area contributed by atoms with Gasteiger partial charge in [0.15, 0.2) is 6.29 Å². The molecule has 3 N–H and O–H groups in total. The molecule has 0 aromatic carbocycles. The summed E-state index contributed by atoms with van der Waals surface area (Å²) in [5.74, 6) is 1.66. The van der Waals surface area contributed by atoms with Crippen molar-refractivity contribution in [3.8, 4) is 0 Å². The molecule has 42 heavy (non-hydrogen) atoms. The average molecular weight is 608 g/mol. The first-order chi connectivity index (χ1) is 19.5. The Bertz CT molecular complexity index is 1080. The molecule has 0 bridgehead atoms. The highest BCUT2D eigenvalue weighted by Gasteiger charge is 2.84. The van der Waals surface area contributed by atoms with Crippen LogP contribution in [0.3, 0.4) is 0 Å². The van der Waals surface area contributed by atoms with E-state index in [9.17, 15) is 15.3 Å². The first-order valence-corrected chi connectivity index (χ1v) is 17.4. The summed E-state index contributed by atoms with van der Waals surface area (Å²) >= 11 is 4.56. The van der Waals surface area contributed by atoms with E-state index in [1.165, 1.54) is 25.7 Å². The molecular formula is C34H57NO6S. The molecule has 5 saturated carbocycles. The van der Waals surface area contributed by atoms with E-state index in [4.69, 9.17) is 14.2 Å². The van der Waals surface area contributed by atoms with Gasteiger partial charge >= 0.3 is 0 Å². The minimum atomic E-state index is -1.24. The smallest absolute Gasteiger partial charge is 0.171 e. The van der Waals surface area contributed by atoms with Gasteiger partial charge in [-0.05, 0) is 111 Å². The molecule has 8 heteroatoms. The van der Waals surface area contributed by atoms with Gasteiger partial charge in [0.05, 0.1) is 43.2 Å². The number of nitrogens with zero attached hydrogens (tertiary/aromatic N) is 1. The van der Waals surface area contributed by atoms with Crippen LogP contribution in [0.1, 0.15) is 99.8 Å². The van der Waals surface area contributed by atoms with Gasteiger partial charge in [-0.1, -0.05) is 47.4 Å². The second-order valence-corrected chi connectivity index (χ2v) is 18.1. The molecule has 7 rings (SSSR count). The maximum Gasteiger partial charge on any atom is 0.171 e. The van der Waals surface area contributed by atoms with Crippen molar-refractivity contribution in [2.75, 3.05) is 19.7 Å². The van der Waals surface area contributed by atoms with Gasteiger partial charge in [-0.15, -0.1) is 0 Å². The van der Waals surface area contributed by atoms with Crippen molar-refractivity contribution in [3.05, 3.63) is 0 Å². The Morgan fingerprint density at radius 3 is 2.40 bits per heavy atom. The van der Waals surface area contributed by atoms with Crippen LogP contribution in [0.5, 0.6) is 0 Å². The maximum absolute atomic E-state index is 12.4. The zero-order valence-corrected chi connectivity index (χ0v) is 27.9. The molecule has 14 atom stereocenters. The third-order valence-electron chi connectivity index (χ3n) is 15.2. The van der Waals surface area contributed by atoms with E-state index in [1.54, 1.807) is 13.8 Å². The molecule has 8 unspecified atom stereocenters. The zero-order valence-electron chi connectivity index (χ0n) is 27.0. The molecular weight excluding hydrogens is 550 g/mol. The third-order valence-corrected chi connectivity index (χ3v) is 15.5. The molecule has 7 aliphatic rings. The Kier molecular flexibility index (Phi) is 6.99. The van der Waals surface area contributed by atoms with Crippen molar-refractivity contribution in [1.29, 1.82) is 0 Å². The second-order valence-electron chi connectivity index (χ2n) is 17.5. The van der Waals surface area contributed by atoms with Crippen LogP contribution in [0.4, 0.5) is 0 Å². The lowest BCUT2D eigenvalue weighted by molar-refractivity contribution is -0.243. The van der Waals surface area contributed by atoms with Gasteiger partial charge < -0.3 is 29.5 Å². The Labute approximate surface area is 259 Å². The molecule has 240 valence electrons. The fourth-order valence-electron chi connectivity index (χ4n) is 13.1. The zero-order chi connectivity index (χ0) is 30.3. The molecule has 0 radical (unpaired) electrons. The van der Waals surface area contributed by atoms with E-state index < -0.39 is 23.9 Å². The fraction of sp³-hybridized carbons (Fsp3) is 1.00. The van der Waals surface area contributed by atoms with Gasteiger partial charge in [-0.2, -0.15) is 0 Å². The van der Waals surface area contributed by atoms with Gasteiger partial charge in [-0.25, -0.2) is 4.31 Å². The molecule has 7 fully saturated rings. The average Bonchev–Trinajstić information content (AvgIpc) is 3.54. The Morgan fingerprint density at radius 1 is 1.02 bits per heavy atom. The number of aliphatic hydroxyl groups is 3. The van der Waals surface area contributed by atoms with E-state index >= 15 is 0 Å². The highest BCUT2D eigenvalue weighted by molar-refractivity contribution is 7.77. The number of morpholine rings is 1. The lowest BCUT2D eigenvalue weighted by atomic mass is 9.41. The molecule has 2 heterocycles. The molecule has 2 spiro atoms. The second kappa shape index (κ2) is 9.56. The quantitative estimate of drug-likeness (QED) is 0.341. The lowest BCUT2D eigenvalue weighted by Crippen LogP contribution is -2.60. The van der Waals surface area contributed by atoms with Crippen LogP contribution in [0.2, 0.25) is 0 Å².